The van der Waals surface area contributed by atoms with Crippen molar-refractivity contribution < 1.29 is 13.6 Å². The lowest BCUT2D eigenvalue weighted by molar-refractivity contribution is -0.122. The predicted molar refractivity (Wildman–Crippen MR) is 136 cm³/mol. The van der Waals surface area contributed by atoms with Crippen LogP contribution in [0.3, 0.4) is 0 Å². The topological polar surface area (TPSA) is 125 Å². The van der Waals surface area contributed by atoms with Gasteiger partial charge >= 0.3 is 0 Å². The minimum absolute atomic E-state index is 0.0209. The molecule has 182 valence electrons. The van der Waals surface area contributed by atoms with Crippen molar-refractivity contribution in [1.82, 2.24) is 30.1 Å². The van der Waals surface area contributed by atoms with Gasteiger partial charge in [-0.1, -0.05) is 6.42 Å². The first-order valence-electron chi connectivity index (χ1n) is 12.0. The standard InChI is InChI=1S/C27H20FN7O2/c28-20-10-22-19(9-18(20)16-8-17(12-29-11-16)31-27(36)14-2-1-3-14)24(35-34-22)26-32-21-4-6-30-23(25(21)33-26)15-5-7-37-13-15/h4-14H,1-3H2,(H,31,36)(H,32,33)(H,34,35). The van der Waals surface area contributed by atoms with E-state index in [0.29, 0.717) is 50.4 Å². The van der Waals surface area contributed by atoms with Gasteiger partial charge in [0.1, 0.15) is 22.7 Å². The molecule has 10 heteroatoms. The summed E-state index contributed by atoms with van der Waals surface area (Å²) in [6.45, 7) is 0. The van der Waals surface area contributed by atoms with Crippen LogP contribution in [-0.4, -0.2) is 36.0 Å². The third-order valence-corrected chi connectivity index (χ3v) is 6.86. The molecule has 0 saturated heterocycles. The lowest BCUT2D eigenvalue weighted by atomic mass is 9.85. The van der Waals surface area contributed by atoms with Crippen molar-refractivity contribution in [3.05, 3.63) is 67.3 Å². The molecule has 3 N–H and O–H groups in total. The Morgan fingerprint density at radius 3 is 2.81 bits per heavy atom. The van der Waals surface area contributed by atoms with Crippen molar-refractivity contribution in [3.8, 4) is 33.9 Å². The van der Waals surface area contributed by atoms with Gasteiger partial charge < -0.3 is 14.7 Å². The molecule has 1 amide bonds. The number of halogens is 1. The number of H-pyrrole nitrogens is 2. The fourth-order valence-corrected chi connectivity index (χ4v) is 4.67. The molecule has 0 unspecified atom stereocenters. The van der Waals surface area contributed by atoms with E-state index in [1.807, 2.05) is 12.1 Å². The zero-order valence-electron chi connectivity index (χ0n) is 19.5. The average Bonchev–Trinajstić information content (AvgIpc) is 3.61. The smallest absolute Gasteiger partial charge is 0.227 e. The zero-order chi connectivity index (χ0) is 24.9. The molecule has 0 aliphatic heterocycles. The van der Waals surface area contributed by atoms with Crippen LogP contribution in [0.2, 0.25) is 0 Å². The SMILES string of the molecule is O=C(Nc1cncc(-c2cc3c(-c4nc5c(-c6ccoc6)nccc5[nH]4)n[nH]c3cc2F)c1)C1CCC1. The van der Waals surface area contributed by atoms with Crippen LogP contribution in [0.25, 0.3) is 55.8 Å². The summed E-state index contributed by atoms with van der Waals surface area (Å²) >= 11 is 0. The van der Waals surface area contributed by atoms with E-state index in [9.17, 15) is 4.79 Å². The first kappa shape index (κ1) is 21.4. The van der Waals surface area contributed by atoms with E-state index in [4.69, 9.17) is 9.40 Å². The number of hydrogen-bond donors (Lipinski definition) is 3. The van der Waals surface area contributed by atoms with Gasteiger partial charge in [0.2, 0.25) is 5.91 Å². The van der Waals surface area contributed by atoms with Crippen molar-refractivity contribution in [2.75, 3.05) is 5.32 Å². The molecule has 7 rings (SSSR count). The number of aromatic amines is 2. The van der Waals surface area contributed by atoms with E-state index in [1.165, 1.54) is 6.07 Å². The molecule has 0 atom stereocenters. The summed E-state index contributed by atoms with van der Waals surface area (Å²) in [6, 6.07) is 8.52. The molecule has 5 aromatic heterocycles. The molecule has 6 aromatic rings. The Balaban J connectivity index is 1.29. The number of hydrogen-bond acceptors (Lipinski definition) is 6. The Bertz CT molecular complexity index is 1780. The fourth-order valence-electron chi connectivity index (χ4n) is 4.67. The number of carbonyl (C=O) groups excluding carboxylic acids is 1. The number of aromatic nitrogens is 6. The molecule has 37 heavy (non-hydrogen) atoms. The van der Waals surface area contributed by atoms with Crippen molar-refractivity contribution in [2.45, 2.75) is 19.3 Å². The Labute approximate surface area is 209 Å². The van der Waals surface area contributed by atoms with Gasteiger partial charge in [0.25, 0.3) is 0 Å². The number of rotatable bonds is 5. The van der Waals surface area contributed by atoms with Crippen LogP contribution in [0.1, 0.15) is 19.3 Å². The van der Waals surface area contributed by atoms with Gasteiger partial charge in [-0.05, 0) is 37.1 Å². The van der Waals surface area contributed by atoms with Crippen LogP contribution in [-0.2, 0) is 4.79 Å². The molecule has 1 aliphatic rings. The number of nitrogens with one attached hydrogen (secondary N) is 3. The number of imidazole rings is 1. The average molecular weight is 494 g/mol. The Morgan fingerprint density at radius 1 is 1.08 bits per heavy atom. The fraction of sp³-hybridized carbons (Fsp3) is 0.148. The summed E-state index contributed by atoms with van der Waals surface area (Å²) in [5, 5.41) is 10.9. The summed E-state index contributed by atoms with van der Waals surface area (Å²) in [5.74, 6) is 0.116. The van der Waals surface area contributed by atoms with Gasteiger partial charge in [-0.15, -0.1) is 0 Å². The third-order valence-electron chi connectivity index (χ3n) is 6.86. The summed E-state index contributed by atoms with van der Waals surface area (Å²) < 4.78 is 20.4. The van der Waals surface area contributed by atoms with Crippen molar-refractivity contribution in [1.29, 1.82) is 0 Å². The van der Waals surface area contributed by atoms with Crippen LogP contribution in [0.15, 0.2) is 65.9 Å². The molecule has 1 aliphatic carbocycles. The monoisotopic (exact) mass is 493 g/mol. The minimum atomic E-state index is -0.428. The van der Waals surface area contributed by atoms with E-state index in [0.717, 1.165) is 30.3 Å². The predicted octanol–water partition coefficient (Wildman–Crippen LogP) is 5.70. The first-order chi connectivity index (χ1) is 18.1. The molecular weight excluding hydrogens is 473 g/mol. The Kier molecular flexibility index (Phi) is 4.85. The van der Waals surface area contributed by atoms with Crippen LogP contribution in [0.4, 0.5) is 10.1 Å². The molecule has 1 saturated carbocycles. The highest BCUT2D eigenvalue weighted by molar-refractivity contribution is 5.98. The quantitative estimate of drug-likeness (QED) is 0.283. The molecule has 0 radical (unpaired) electrons. The number of pyridine rings is 2. The normalized spacial score (nSPS) is 13.8. The highest BCUT2D eigenvalue weighted by atomic mass is 19.1. The zero-order valence-corrected chi connectivity index (χ0v) is 19.5. The van der Waals surface area contributed by atoms with E-state index in [1.54, 1.807) is 43.2 Å². The number of carbonyl (C=O) groups is 1. The Hall–Kier alpha value is -4.86. The lowest BCUT2D eigenvalue weighted by Gasteiger charge is -2.24. The van der Waals surface area contributed by atoms with E-state index < -0.39 is 5.82 Å². The molecule has 1 fully saturated rings. The van der Waals surface area contributed by atoms with E-state index in [2.05, 4.69) is 30.5 Å². The van der Waals surface area contributed by atoms with E-state index >= 15 is 4.39 Å². The van der Waals surface area contributed by atoms with Gasteiger partial charge in [-0.3, -0.25) is 19.9 Å². The van der Waals surface area contributed by atoms with Gasteiger partial charge in [0.15, 0.2) is 5.82 Å². The molecular formula is C27H20FN7O2. The Morgan fingerprint density at radius 2 is 2.00 bits per heavy atom. The molecule has 9 nitrogen and oxygen atoms in total. The molecule has 0 bridgehead atoms. The molecule has 5 heterocycles. The van der Waals surface area contributed by atoms with Gasteiger partial charge in [-0.25, -0.2) is 9.37 Å². The summed E-state index contributed by atoms with van der Waals surface area (Å²) in [5.41, 5.74) is 5.49. The highest BCUT2D eigenvalue weighted by Gasteiger charge is 2.25. The third kappa shape index (κ3) is 3.65. The van der Waals surface area contributed by atoms with Gasteiger partial charge in [-0.2, -0.15) is 5.10 Å². The van der Waals surface area contributed by atoms with Gasteiger partial charge in [0.05, 0.1) is 35.4 Å². The molecule has 0 spiro atoms. The number of nitrogens with zero attached hydrogens (tertiary/aromatic N) is 4. The van der Waals surface area contributed by atoms with Crippen LogP contribution < -0.4 is 5.32 Å². The maximum absolute atomic E-state index is 15.2. The van der Waals surface area contributed by atoms with Crippen molar-refractivity contribution in [3.63, 3.8) is 0 Å². The second-order valence-corrected chi connectivity index (χ2v) is 9.18. The number of furan rings is 1. The minimum Gasteiger partial charge on any atom is -0.472 e. The second-order valence-electron chi connectivity index (χ2n) is 9.18. The summed E-state index contributed by atoms with van der Waals surface area (Å²) in [6.07, 6.45) is 10.9. The summed E-state index contributed by atoms with van der Waals surface area (Å²) in [4.78, 5) is 29.1. The maximum Gasteiger partial charge on any atom is 0.227 e. The van der Waals surface area contributed by atoms with Crippen LogP contribution >= 0.6 is 0 Å². The van der Waals surface area contributed by atoms with E-state index in [-0.39, 0.29) is 11.8 Å². The van der Waals surface area contributed by atoms with Gasteiger partial charge in [0, 0.05) is 46.5 Å². The number of anilines is 1. The number of benzene rings is 1. The molecule has 1 aromatic carbocycles. The number of amides is 1. The first-order valence-corrected chi connectivity index (χ1v) is 12.0. The van der Waals surface area contributed by atoms with Crippen molar-refractivity contribution >= 4 is 33.5 Å². The summed E-state index contributed by atoms with van der Waals surface area (Å²) in [7, 11) is 0. The lowest BCUT2D eigenvalue weighted by Crippen LogP contribution is -2.28. The second kappa shape index (κ2) is 8.37. The number of fused-ring (bicyclic) bond motifs is 2. The highest BCUT2D eigenvalue weighted by Crippen LogP contribution is 2.34. The van der Waals surface area contributed by atoms with Crippen LogP contribution in [0, 0.1) is 11.7 Å². The van der Waals surface area contributed by atoms with Crippen molar-refractivity contribution in [2.24, 2.45) is 5.92 Å². The largest absolute Gasteiger partial charge is 0.472 e. The maximum atomic E-state index is 15.2. The van der Waals surface area contributed by atoms with Crippen LogP contribution in [0.5, 0.6) is 0 Å².